The quantitative estimate of drug-likeness (QED) is 0.350. The molecular weight excluding hydrogens is 493 g/mol. The molecule has 0 saturated carbocycles. The second-order valence-corrected chi connectivity index (χ2v) is 9.57. The zero-order chi connectivity index (χ0) is 26.9. The van der Waals surface area contributed by atoms with Crippen LogP contribution in [0.25, 0.3) is 11.0 Å². The van der Waals surface area contributed by atoms with E-state index < -0.39 is 11.7 Å². The van der Waals surface area contributed by atoms with E-state index in [1.165, 1.54) is 19.1 Å². The molecule has 1 aromatic heterocycles. The van der Waals surface area contributed by atoms with Gasteiger partial charge in [0.1, 0.15) is 6.54 Å². The molecule has 1 saturated heterocycles. The number of aromatic nitrogens is 2. The van der Waals surface area contributed by atoms with Crippen molar-refractivity contribution in [2.24, 2.45) is 0 Å². The highest BCUT2D eigenvalue weighted by atomic mass is 19.4. The number of amides is 2. The predicted molar refractivity (Wildman–Crippen MR) is 139 cm³/mol. The van der Waals surface area contributed by atoms with Gasteiger partial charge >= 0.3 is 6.18 Å². The van der Waals surface area contributed by atoms with E-state index in [0.717, 1.165) is 22.7 Å². The van der Waals surface area contributed by atoms with E-state index in [1.54, 1.807) is 15.8 Å². The predicted octanol–water partition coefficient (Wildman–Crippen LogP) is 6.02. The van der Waals surface area contributed by atoms with Crippen LogP contribution >= 0.6 is 0 Å². The van der Waals surface area contributed by atoms with Crippen molar-refractivity contribution in [2.75, 3.05) is 18.4 Å². The molecule has 0 atom stereocenters. The van der Waals surface area contributed by atoms with E-state index in [-0.39, 0.29) is 35.4 Å². The molecular formula is C29H27F3N4O2. The first kappa shape index (κ1) is 25.5. The van der Waals surface area contributed by atoms with Gasteiger partial charge in [0.15, 0.2) is 0 Å². The van der Waals surface area contributed by atoms with Crippen molar-refractivity contribution in [1.82, 2.24) is 14.5 Å². The molecule has 1 fully saturated rings. The summed E-state index contributed by atoms with van der Waals surface area (Å²) in [7, 11) is 0. The molecule has 4 aromatic rings. The number of piperidine rings is 1. The Hall–Kier alpha value is -4.14. The first-order valence-corrected chi connectivity index (χ1v) is 12.5. The lowest BCUT2D eigenvalue weighted by Gasteiger charge is -2.33. The molecule has 0 bridgehead atoms. The number of fused-ring (bicyclic) bond motifs is 1. The van der Waals surface area contributed by atoms with Crippen molar-refractivity contribution in [1.29, 1.82) is 0 Å². The zero-order valence-electron chi connectivity index (χ0n) is 20.8. The van der Waals surface area contributed by atoms with Crippen LogP contribution in [0.1, 0.15) is 45.8 Å². The maximum Gasteiger partial charge on any atom is 0.416 e. The summed E-state index contributed by atoms with van der Waals surface area (Å²) in [5, 5.41) is 2.92. The number of likely N-dealkylation sites (tertiary alicyclic amines) is 1. The van der Waals surface area contributed by atoms with E-state index in [1.807, 2.05) is 48.5 Å². The largest absolute Gasteiger partial charge is 0.416 e. The molecule has 1 aliphatic rings. The molecule has 1 aliphatic heterocycles. The van der Waals surface area contributed by atoms with E-state index in [9.17, 15) is 22.8 Å². The van der Waals surface area contributed by atoms with Crippen LogP contribution in [0, 0.1) is 6.92 Å². The van der Waals surface area contributed by atoms with Gasteiger partial charge in [-0.2, -0.15) is 13.2 Å². The smallest absolute Gasteiger partial charge is 0.339 e. The maximum absolute atomic E-state index is 13.3. The van der Waals surface area contributed by atoms with Crippen molar-refractivity contribution in [3.8, 4) is 0 Å². The minimum Gasteiger partial charge on any atom is -0.339 e. The van der Waals surface area contributed by atoms with Crippen molar-refractivity contribution in [3.63, 3.8) is 0 Å². The molecule has 1 N–H and O–H groups in total. The first-order chi connectivity index (χ1) is 18.2. The number of para-hydroxylation sites is 2. The molecule has 0 aliphatic carbocycles. The Morgan fingerprint density at radius 1 is 0.974 bits per heavy atom. The summed E-state index contributed by atoms with van der Waals surface area (Å²) >= 11 is 0. The minimum atomic E-state index is -4.49. The van der Waals surface area contributed by atoms with E-state index in [2.05, 4.69) is 10.3 Å². The fourth-order valence-corrected chi connectivity index (χ4v) is 5.09. The van der Waals surface area contributed by atoms with Crippen molar-refractivity contribution < 1.29 is 22.8 Å². The highest BCUT2D eigenvalue weighted by Gasteiger charge is 2.34. The van der Waals surface area contributed by atoms with Gasteiger partial charge in [-0.15, -0.1) is 0 Å². The van der Waals surface area contributed by atoms with E-state index >= 15 is 0 Å². The Labute approximate surface area is 218 Å². The third-order valence-corrected chi connectivity index (χ3v) is 7.16. The monoisotopic (exact) mass is 520 g/mol. The average Bonchev–Trinajstić information content (AvgIpc) is 3.31. The van der Waals surface area contributed by atoms with Crippen LogP contribution in [-0.2, 0) is 17.5 Å². The third-order valence-electron chi connectivity index (χ3n) is 7.16. The van der Waals surface area contributed by atoms with Crippen molar-refractivity contribution in [2.45, 2.75) is 38.4 Å². The normalized spacial score (nSPS) is 14.6. The Balaban J connectivity index is 1.17. The lowest BCUT2D eigenvalue weighted by molar-refractivity contribution is -0.138. The van der Waals surface area contributed by atoms with E-state index in [4.69, 9.17) is 0 Å². The van der Waals surface area contributed by atoms with Crippen LogP contribution in [0.2, 0.25) is 0 Å². The number of imidazole rings is 1. The second-order valence-electron chi connectivity index (χ2n) is 9.57. The molecule has 38 heavy (non-hydrogen) atoms. The molecule has 0 radical (unpaired) electrons. The Morgan fingerprint density at radius 2 is 1.68 bits per heavy atom. The van der Waals surface area contributed by atoms with Crippen LogP contribution < -0.4 is 5.32 Å². The van der Waals surface area contributed by atoms with Crippen molar-refractivity contribution in [3.05, 3.63) is 95.3 Å². The number of hydrogen-bond donors (Lipinski definition) is 1. The fraction of sp³-hybridized carbons (Fsp3) is 0.276. The molecule has 5 rings (SSSR count). The Kier molecular flexibility index (Phi) is 6.93. The lowest BCUT2D eigenvalue weighted by atomic mass is 9.89. The number of alkyl halides is 3. The van der Waals surface area contributed by atoms with E-state index in [0.29, 0.717) is 31.6 Å². The number of halogens is 3. The van der Waals surface area contributed by atoms with Crippen LogP contribution in [0.15, 0.2) is 73.1 Å². The zero-order valence-corrected chi connectivity index (χ0v) is 20.8. The summed E-state index contributed by atoms with van der Waals surface area (Å²) in [5.74, 6) is -0.294. The molecule has 2 amide bonds. The Bertz CT molecular complexity index is 1470. The summed E-state index contributed by atoms with van der Waals surface area (Å²) in [4.78, 5) is 31.5. The van der Waals surface area contributed by atoms with Gasteiger partial charge < -0.3 is 14.8 Å². The van der Waals surface area contributed by atoms with Gasteiger partial charge in [0.2, 0.25) is 5.91 Å². The molecule has 3 aromatic carbocycles. The minimum absolute atomic E-state index is 0.0361. The second kappa shape index (κ2) is 10.3. The number of anilines is 1. The van der Waals surface area contributed by atoms with Crippen LogP contribution in [0.5, 0.6) is 0 Å². The van der Waals surface area contributed by atoms with Gasteiger partial charge in [-0.05, 0) is 73.2 Å². The number of rotatable bonds is 5. The van der Waals surface area contributed by atoms with Gasteiger partial charge in [-0.25, -0.2) is 4.98 Å². The molecule has 9 heteroatoms. The topological polar surface area (TPSA) is 67.2 Å². The van der Waals surface area contributed by atoms with Gasteiger partial charge in [0, 0.05) is 24.3 Å². The SMILES string of the molecule is Cc1c(C(=O)N2CCC(c3ccc(NC(=O)Cn4cnc5ccccc54)cc3)CC2)cccc1C(F)(F)F. The summed E-state index contributed by atoms with van der Waals surface area (Å²) in [6.07, 6.45) is -1.42. The van der Waals surface area contributed by atoms with Gasteiger partial charge in [-0.1, -0.05) is 30.3 Å². The highest BCUT2D eigenvalue weighted by Crippen LogP contribution is 2.34. The summed E-state index contributed by atoms with van der Waals surface area (Å²) in [5.41, 5.74) is 2.81. The van der Waals surface area contributed by atoms with Crippen LogP contribution in [0.3, 0.4) is 0 Å². The summed E-state index contributed by atoms with van der Waals surface area (Å²) in [6, 6.07) is 19.1. The molecule has 196 valence electrons. The molecule has 0 spiro atoms. The number of benzene rings is 3. The molecule has 0 unspecified atom stereocenters. The summed E-state index contributed by atoms with van der Waals surface area (Å²) < 4.78 is 41.6. The summed E-state index contributed by atoms with van der Waals surface area (Å²) in [6.45, 7) is 2.44. The maximum atomic E-state index is 13.3. The fourth-order valence-electron chi connectivity index (χ4n) is 5.09. The van der Waals surface area contributed by atoms with Gasteiger partial charge in [-0.3, -0.25) is 9.59 Å². The number of carbonyl (C=O) groups is 2. The standard InChI is InChI=1S/C29H27F3N4O2/c1-19-23(5-4-6-24(19)29(30,31)32)28(38)35-15-13-21(14-16-35)20-9-11-22(12-10-20)34-27(37)17-36-18-33-25-7-2-3-8-26(25)36/h2-12,18,21H,13-17H2,1H3,(H,34,37). The lowest BCUT2D eigenvalue weighted by Crippen LogP contribution is -2.38. The molecule has 6 nitrogen and oxygen atoms in total. The number of hydrogen-bond acceptors (Lipinski definition) is 3. The Morgan fingerprint density at radius 3 is 2.39 bits per heavy atom. The highest BCUT2D eigenvalue weighted by molar-refractivity contribution is 5.96. The number of carbonyl (C=O) groups excluding carboxylic acids is 2. The van der Waals surface area contributed by atoms with Crippen LogP contribution in [0.4, 0.5) is 18.9 Å². The van der Waals surface area contributed by atoms with Crippen molar-refractivity contribution >= 4 is 28.5 Å². The number of nitrogens with zero attached hydrogens (tertiary/aromatic N) is 3. The average molecular weight is 521 g/mol. The molecule has 2 heterocycles. The number of nitrogens with one attached hydrogen (secondary N) is 1. The third kappa shape index (κ3) is 5.27. The first-order valence-electron chi connectivity index (χ1n) is 12.5. The van der Waals surface area contributed by atoms with Gasteiger partial charge in [0.05, 0.1) is 22.9 Å². The van der Waals surface area contributed by atoms with Gasteiger partial charge in [0.25, 0.3) is 5.91 Å². The van der Waals surface area contributed by atoms with Crippen LogP contribution in [-0.4, -0.2) is 39.4 Å².